The first-order valence-electron chi connectivity index (χ1n) is 36.1. The van der Waals surface area contributed by atoms with Crippen LogP contribution in [0.25, 0.3) is 22.2 Å². The number of imidazole rings is 2. The van der Waals surface area contributed by atoms with E-state index < -0.39 is 168 Å². The number of nitrogen functional groups attached to an aromatic ring is 1. The maximum absolute atomic E-state index is 14.4. The number of ether oxygens (including phenoxy) is 2. The van der Waals surface area contributed by atoms with Gasteiger partial charge in [-0.3, -0.25) is 57.7 Å². The summed E-state index contributed by atoms with van der Waals surface area (Å²) < 4.78 is 38.9. The van der Waals surface area contributed by atoms with Crippen LogP contribution in [0.3, 0.4) is 0 Å². The Morgan fingerprint density at radius 2 is 1.35 bits per heavy atom. The molecule has 3 fully saturated rings. The standard InChI is InChI=1S/C62H90N13O14P.C10H13N5O3.Co/c1-29-20-39-40(21-30(29)2)75(28-70-39)57-52(84)53(41(27-76)87-57)89-90(85,86)88-31(3)26-69-49(83)18-19-59(8)37(22-46(66)80)56-62(11)61(10,25-48(68)82)36(14-17-45(65)79)51(74-62)33(5)55-60(9,24-47(67)81)34(12-15-43(63)77)38(71-55)23-42-58(6,7)35(13-16-44(64)78)50(72-42)32(4)54(59)73-56;1-4-6(16)7(17)10(18-4)15-3-14-5-8(11)12-2-13-9(5)15;/h20-21,23,28,31,34-37,41,52-53,56-57,71,76,84H,12-19,22,24-27H2,1-11H3,(H2,63,77)(H2,64,78)(H2,65,79)(H2,66,80)(H2,67,81)(H2,68,82)(H,69,83)(H,85,86);2-4,6-7,10,16-17H,1H3,(H2,11,12,13);/p-1/t31?,34-,35-,36-,37+,41-,52?,53?,56?,57+,59-,60+,61+,62+;4?,6-,7-,10-;/m10./s1. The fourth-order valence-corrected chi connectivity index (χ4v) is 18.7. The summed E-state index contributed by atoms with van der Waals surface area (Å²) in [7, 11) is -5.32. The minimum Gasteiger partial charge on any atom is -0.756 e. The molecule has 0 saturated carbocycles. The molecular formula is C72H102CoN18O17P-. The Kier molecular flexibility index (Phi) is 25.0. The number of allylic oxidation sites excluding steroid dienone is 6. The number of fused-ring (bicyclic) bond motifs is 8. The van der Waals surface area contributed by atoms with E-state index in [1.54, 1.807) is 11.5 Å². The van der Waals surface area contributed by atoms with Crippen LogP contribution in [-0.4, -0.2) is 175 Å². The van der Waals surface area contributed by atoms with E-state index in [9.17, 15) is 63.4 Å². The number of aliphatic hydroxyl groups excluding tert-OH is 4. The fourth-order valence-electron chi connectivity index (χ4n) is 17.5. The van der Waals surface area contributed by atoms with Gasteiger partial charge in [0.1, 0.15) is 42.4 Å². The van der Waals surface area contributed by atoms with Crippen LogP contribution in [0.2, 0.25) is 0 Å². The van der Waals surface area contributed by atoms with Gasteiger partial charge in [-0.25, -0.2) is 19.9 Å². The van der Waals surface area contributed by atoms with Crippen LogP contribution >= 0.6 is 7.82 Å². The number of primary amides is 6. The molecule has 0 spiro atoms. The number of carbonyl (C=O) groups is 7. The van der Waals surface area contributed by atoms with Crippen LogP contribution in [-0.2, 0) is 73.4 Å². The average molecular weight is 1580 g/mol. The Labute approximate surface area is 640 Å². The fraction of sp³-hybridized carbons (Fsp3) is 0.611. The number of nitrogens with two attached hydrogens (primary N) is 7. The number of anilines is 1. The van der Waals surface area contributed by atoms with Crippen molar-refractivity contribution in [3.63, 3.8) is 0 Å². The van der Waals surface area contributed by atoms with E-state index in [4.69, 9.17) is 73.6 Å². The normalized spacial score (nSPS) is 31.8. The molecule has 8 bridgehead atoms. The van der Waals surface area contributed by atoms with Crippen LogP contribution < -0.4 is 55.7 Å². The van der Waals surface area contributed by atoms with Crippen molar-refractivity contribution >= 4 is 94.3 Å². The van der Waals surface area contributed by atoms with E-state index in [-0.39, 0.29) is 99.8 Å². The number of carbonyl (C=O) groups excluding carboxylic acids is 7. The number of hydrogen-bond acceptors (Lipinski definition) is 26. The van der Waals surface area contributed by atoms with Gasteiger partial charge in [0.2, 0.25) is 41.4 Å². The number of aryl methyl sites for hydroxylation is 2. The number of aliphatic imine (C=N–C) groups is 3. The van der Waals surface area contributed by atoms with Crippen molar-refractivity contribution in [2.45, 2.75) is 220 Å². The molecular weight excluding hydrogens is 1480 g/mol. The first kappa shape index (κ1) is 84.8. The zero-order valence-electron chi connectivity index (χ0n) is 63.2. The zero-order chi connectivity index (χ0) is 79.6. The summed E-state index contributed by atoms with van der Waals surface area (Å²) in [6.45, 7) is 20.8. The molecule has 6 unspecified atom stereocenters. The molecule has 37 heteroatoms. The SMILES string of the molecule is CC1=C2N=C(C=C3NC(=C(C)C4=N[C@@](C)(C5N=C1[C@](C)(CCC(=O)NCC(C)OP(=O)([O-])OC1C(O)[C@@H](n6cnc7cc(C)c(C)cc76)O[C@@H]1CO)[C@H]5CC(N)=O)[C@@](C)(CC(N)=O)[C@@H]4CCC(N)=O)[C@@](C)(CC(N)=O)[C@@H]3CCC(N)=O)C(C)(C)[C@@H]2CCC(N)=O.CC1O[C@H](n2cnc3c(N)ncnc32)[C@@H](O)[C@H]1O.[Co]. The van der Waals surface area contributed by atoms with E-state index in [2.05, 4.69) is 30.6 Å². The molecule has 0 aliphatic carbocycles. The molecule has 4 aromatic rings. The van der Waals surface area contributed by atoms with Crippen LogP contribution in [0, 0.1) is 59.2 Å². The van der Waals surface area contributed by atoms with E-state index in [0.717, 1.165) is 11.1 Å². The van der Waals surface area contributed by atoms with Crippen LogP contribution in [0.1, 0.15) is 163 Å². The minimum atomic E-state index is -5.32. The molecule has 11 rings (SSSR count). The van der Waals surface area contributed by atoms with Gasteiger partial charge >= 0.3 is 0 Å². The molecule has 3 aromatic heterocycles. The second-order valence-corrected chi connectivity index (χ2v) is 32.7. The summed E-state index contributed by atoms with van der Waals surface area (Å²) in [5.74, 6) is -6.98. The summed E-state index contributed by atoms with van der Waals surface area (Å²) in [6, 6.07) is 2.67. The van der Waals surface area contributed by atoms with E-state index in [1.165, 1.54) is 30.5 Å². The molecule has 19 atom stereocenters. The van der Waals surface area contributed by atoms with E-state index >= 15 is 0 Å². The van der Waals surface area contributed by atoms with Crippen molar-refractivity contribution in [1.82, 2.24) is 39.7 Å². The number of rotatable bonds is 27. The van der Waals surface area contributed by atoms with Gasteiger partial charge < -0.3 is 99.2 Å². The summed E-state index contributed by atoms with van der Waals surface area (Å²) in [6.07, 6.45) is -4.95. The van der Waals surface area contributed by atoms with Crippen molar-refractivity contribution in [2.75, 3.05) is 18.9 Å². The van der Waals surface area contributed by atoms with Crippen molar-refractivity contribution in [1.29, 1.82) is 0 Å². The molecule has 7 amide bonds. The van der Waals surface area contributed by atoms with E-state index in [1.807, 2.05) is 87.4 Å². The van der Waals surface area contributed by atoms with Crippen molar-refractivity contribution < 1.29 is 98.7 Å². The summed E-state index contributed by atoms with van der Waals surface area (Å²) >= 11 is 0. The Morgan fingerprint density at radius 3 is 1.94 bits per heavy atom. The number of aromatic nitrogens is 6. The van der Waals surface area contributed by atoms with E-state index in [0.29, 0.717) is 67.6 Å². The number of phosphoric ester groups is 1. The van der Waals surface area contributed by atoms with Gasteiger partial charge in [0.15, 0.2) is 23.9 Å². The Bertz CT molecular complexity index is 4520. The third-order valence-corrected chi connectivity index (χ3v) is 24.8. The minimum absolute atomic E-state index is 0. The van der Waals surface area contributed by atoms with Gasteiger partial charge in [0.25, 0.3) is 7.82 Å². The maximum atomic E-state index is 14.4. The number of benzene rings is 1. The van der Waals surface area contributed by atoms with Crippen molar-refractivity contribution in [2.24, 2.45) is 94.7 Å². The molecule has 35 nitrogen and oxygen atoms in total. The van der Waals surface area contributed by atoms with Crippen LogP contribution in [0.4, 0.5) is 5.82 Å². The second-order valence-electron chi connectivity index (χ2n) is 31.4. The largest absolute Gasteiger partial charge is 0.756 e. The smallest absolute Gasteiger partial charge is 0.268 e. The molecule has 597 valence electrons. The number of phosphoric acid groups is 1. The molecule has 1 aromatic carbocycles. The van der Waals surface area contributed by atoms with Gasteiger partial charge in [-0.05, 0) is 115 Å². The first-order chi connectivity index (χ1) is 50.4. The third kappa shape index (κ3) is 16.3. The van der Waals surface area contributed by atoms with Crippen molar-refractivity contribution in [3.05, 3.63) is 76.6 Å². The number of aliphatic hydroxyl groups is 4. The Balaban J connectivity index is 0.000000623. The topological polar surface area (TPSA) is 582 Å². The molecule has 3 saturated heterocycles. The zero-order valence-corrected chi connectivity index (χ0v) is 65.1. The number of amides is 7. The summed E-state index contributed by atoms with van der Waals surface area (Å²) in [5.41, 5.74) is 43.8. The van der Waals surface area contributed by atoms with Crippen molar-refractivity contribution in [3.8, 4) is 0 Å². The molecule has 10 heterocycles. The van der Waals surface area contributed by atoms with Gasteiger partial charge in [-0.15, -0.1) is 0 Å². The summed E-state index contributed by atoms with van der Waals surface area (Å²) in [4.78, 5) is 140. The predicted molar refractivity (Wildman–Crippen MR) is 393 cm³/mol. The Morgan fingerprint density at radius 1 is 0.743 bits per heavy atom. The molecule has 7 aliphatic rings. The van der Waals surface area contributed by atoms with Crippen LogP contribution in [0.5, 0.6) is 0 Å². The van der Waals surface area contributed by atoms with Gasteiger partial charge in [-0.1, -0.05) is 34.6 Å². The monoisotopic (exact) mass is 1580 g/mol. The van der Waals surface area contributed by atoms with Gasteiger partial charge in [0.05, 0.1) is 54.1 Å². The quantitative estimate of drug-likeness (QED) is 0.0377. The number of nitrogens with one attached hydrogen (secondary N) is 2. The third-order valence-electron chi connectivity index (χ3n) is 23.7. The maximum Gasteiger partial charge on any atom is 0.268 e. The number of nitrogens with zero attached hydrogens (tertiary/aromatic N) is 9. The molecule has 109 heavy (non-hydrogen) atoms. The average Bonchev–Trinajstić information content (AvgIpc) is 1.53. The van der Waals surface area contributed by atoms with Gasteiger partial charge in [0, 0.05) is 148 Å². The Hall–Kier alpha value is -8.26. The summed E-state index contributed by atoms with van der Waals surface area (Å²) in [5, 5.41) is 47.8. The molecule has 7 aliphatic heterocycles. The van der Waals surface area contributed by atoms with Gasteiger partial charge in [-0.2, -0.15) is 0 Å². The number of hydrogen-bond donors (Lipinski definition) is 13. The van der Waals surface area contributed by atoms with Crippen LogP contribution in [0.15, 0.2) is 80.4 Å². The first-order valence-corrected chi connectivity index (χ1v) is 37.5. The molecule has 20 N–H and O–H groups in total. The predicted octanol–water partition coefficient (Wildman–Crippen LogP) is 1.58. The molecule has 1 radical (unpaired) electrons. The second kappa shape index (κ2) is 32.2.